The lowest BCUT2D eigenvalue weighted by atomic mass is 9.82. The molecular weight excluding hydrogens is 436 g/mol. The van der Waals surface area contributed by atoms with E-state index in [2.05, 4.69) is 5.32 Å². The molecule has 8 nitrogen and oxygen atoms in total. The molecule has 8 heteroatoms. The van der Waals surface area contributed by atoms with Gasteiger partial charge in [-0.1, -0.05) is 65.0 Å². The Hall–Kier alpha value is -2.77. The largest absolute Gasteiger partial charge is 0.444 e. The molecule has 190 valence electrons. The van der Waals surface area contributed by atoms with E-state index in [-0.39, 0.29) is 19.6 Å². The lowest BCUT2D eigenvalue weighted by Crippen LogP contribution is -2.49. The first-order chi connectivity index (χ1) is 15.9. The van der Waals surface area contributed by atoms with Crippen LogP contribution in [0.25, 0.3) is 0 Å². The van der Waals surface area contributed by atoms with Crippen LogP contribution >= 0.6 is 0 Å². The first-order valence-corrected chi connectivity index (χ1v) is 11.6. The zero-order valence-electron chi connectivity index (χ0n) is 22.7. The fourth-order valence-electron chi connectivity index (χ4n) is 3.54. The number of cyclic esters (lactones) is 1. The van der Waals surface area contributed by atoms with Crippen LogP contribution in [0.15, 0.2) is 30.3 Å². The average molecular weight is 478 g/mol. The predicted molar refractivity (Wildman–Crippen MR) is 129 cm³/mol. The average Bonchev–Trinajstić information content (AvgIpc) is 2.95. The summed E-state index contributed by atoms with van der Waals surface area (Å²) >= 11 is 0. The van der Waals surface area contributed by atoms with Gasteiger partial charge in [-0.25, -0.2) is 14.4 Å². The molecule has 0 radical (unpaired) electrons. The van der Waals surface area contributed by atoms with Crippen LogP contribution in [0.3, 0.4) is 0 Å². The number of carbonyl (C=O) groups is 3. The zero-order valence-corrected chi connectivity index (χ0v) is 21.7. The number of rotatable bonds is 7. The summed E-state index contributed by atoms with van der Waals surface area (Å²) in [6.07, 6.45) is -1.81. The fourth-order valence-corrected chi connectivity index (χ4v) is 3.54. The minimum absolute atomic E-state index is 0.00183. The second-order valence-electron chi connectivity index (χ2n) is 11.5. The van der Waals surface area contributed by atoms with Crippen LogP contribution in [-0.2, 0) is 25.6 Å². The summed E-state index contributed by atoms with van der Waals surface area (Å²) in [5, 5.41) is 2.71. The Balaban J connectivity index is 2.16. The van der Waals surface area contributed by atoms with Crippen molar-refractivity contribution in [2.45, 2.75) is 92.7 Å². The number of hydrogen-bond acceptors (Lipinski definition) is 6. The van der Waals surface area contributed by atoms with E-state index >= 15 is 0 Å². The summed E-state index contributed by atoms with van der Waals surface area (Å²) in [7, 11) is 0. The number of nitrogens with one attached hydrogen (secondary N) is 1. The van der Waals surface area contributed by atoms with Crippen molar-refractivity contribution in [3.63, 3.8) is 0 Å². The Kier molecular flexibility index (Phi) is 8.10. The predicted octanol–water partition coefficient (Wildman–Crippen LogP) is 5.25. The van der Waals surface area contributed by atoms with Crippen molar-refractivity contribution >= 4 is 18.2 Å². The molecule has 2 amide bonds. The SMILES string of the molecule is [2H][C@]1(CC(C)(C)CCNC(=O)OC(C)(C)C)C(=O)O[C@@H](C(C)(C)C)N1C(=O)OCc1ccccc1. The summed E-state index contributed by atoms with van der Waals surface area (Å²) in [4.78, 5) is 39.3. The third kappa shape index (κ3) is 8.22. The summed E-state index contributed by atoms with van der Waals surface area (Å²) in [6, 6.07) is 7.23. The van der Waals surface area contributed by atoms with E-state index in [1.165, 1.54) is 0 Å². The minimum atomic E-state index is -1.97. The van der Waals surface area contributed by atoms with E-state index in [9.17, 15) is 14.4 Å². The number of alkyl carbamates (subject to hydrolysis) is 1. The van der Waals surface area contributed by atoms with Crippen molar-refractivity contribution < 1.29 is 30.0 Å². The molecule has 0 bridgehead atoms. The van der Waals surface area contributed by atoms with Crippen LogP contribution in [0.2, 0.25) is 0 Å². The van der Waals surface area contributed by atoms with E-state index in [1.807, 2.05) is 65.0 Å². The van der Waals surface area contributed by atoms with E-state index in [1.54, 1.807) is 20.8 Å². The summed E-state index contributed by atoms with van der Waals surface area (Å²) in [5.74, 6) is -0.790. The Morgan fingerprint density at radius 1 is 1.09 bits per heavy atom. The normalized spacial score (nSPS) is 21.5. The van der Waals surface area contributed by atoms with Crippen molar-refractivity contribution in [2.75, 3.05) is 6.54 Å². The number of amides is 2. The van der Waals surface area contributed by atoms with Gasteiger partial charge in [-0.2, -0.15) is 0 Å². The molecule has 0 unspecified atom stereocenters. The number of carbonyl (C=O) groups excluding carboxylic acids is 3. The van der Waals surface area contributed by atoms with Gasteiger partial charge in [-0.05, 0) is 44.6 Å². The second kappa shape index (κ2) is 10.7. The van der Waals surface area contributed by atoms with Gasteiger partial charge in [0.05, 0.1) is 1.37 Å². The van der Waals surface area contributed by atoms with Gasteiger partial charge in [0.1, 0.15) is 18.2 Å². The van der Waals surface area contributed by atoms with E-state index < -0.39 is 46.8 Å². The molecule has 1 aliphatic heterocycles. The third-order valence-electron chi connectivity index (χ3n) is 5.24. The molecule has 1 saturated heterocycles. The summed E-state index contributed by atoms with van der Waals surface area (Å²) in [6.45, 7) is 14.9. The quantitative estimate of drug-likeness (QED) is 0.426. The number of esters is 1. The van der Waals surface area contributed by atoms with Crippen molar-refractivity contribution in [2.24, 2.45) is 10.8 Å². The van der Waals surface area contributed by atoms with E-state index in [0.29, 0.717) is 6.42 Å². The lowest BCUT2D eigenvalue weighted by Gasteiger charge is -2.35. The molecule has 2 rings (SSSR count). The number of nitrogens with zero attached hydrogens (tertiary/aromatic N) is 1. The standard InChI is InChI=1S/C26H40N2O6/c1-24(2,3)21-28(23(31)32-17-18-12-10-9-11-13-18)19(20(29)33-21)16-26(7,8)14-15-27-22(30)34-25(4,5)6/h9-13,19,21H,14-17H2,1-8H3,(H,27,30)/t19-,21-/m0/s1/i19D. The van der Waals surface area contributed by atoms with Crippen LogP contribution in [0, 0.1) is 10.8 Å². The van der Waals surface area contributed by atoms with Gasteiger partial charge in [-0.15, -0.1) is 0 Å². The highest BCUT2D eigenvalue weighted by Gasteiger charge is 2.51. The maximum absolute atomic E-state index is 13.2. The van der Waals surface area contributed by atoms with Gasteiger partial charge >= 0.3 is 18.2 Å². The molecule has 0 spiro atoms. The van der Waals surface area contributed by atoms with Crippen LogP contribution in [-0.4, -0.2) is 47.4 Å². The lowest BCUT2D eigenvalue weighted by molar-refractivity contribution is -0.147. The molecule has 1 N–H and O–H groups in total. The molecule has 0 aromatic heterocycles. The molecule has 1 aromatic carbocycles. The van der Waals surface area contributed by atoms with Gasteiger partial charge in [0.25, 0.3) is 0 Å². The molecule has 0 aliphatic carbocycles. The van der Waals surface area contributed by atoms with Crippen LogP contribution < -0.4 is 5.32 Å². The Morgan fingerprint density at radius 3 is 2.26 bits per heavy atom. The van der Waals surface area contributed by atoms with Gasteiger partial charge in [0, 0.05) is 12.0 Å². The molecule has 2 atom stereocenters. The highest BCUT2D eigenvalue weighted by atomic mass is 16.6. The number of ether oxygens (including phenoxy) is 3. The highest BCUT2D eigenvalue weighted by molar-refractivity contribution is 5.84. The summed E-state index contributed by atoms with van der Waals surface area (Å²) in [5.41, 5.74) is -1.04. The van der Waals surface area contributed by atoms with E-state index in [4.69, 9.17) is 15.6 Å². The van der Waals surface area contributed by atoms with Crippen molar-refractivity contribution in [1.29, 1.82) is 0 Å². The fraction of sp³-hybridized carbons (Fsp3) is 0.654. The van der Waals surface area contributed by atoms with Crippen LogP contribution in [0.1, 0.15) is 75.2 Å². The molecular formula is C26H40N2O6. The Bertz CT molecular complexity index is 907. The molecule has 1 fully saturated rings. The van der Waals surface area contributed by atoms with Crippen LogP contribution in [0.4, 0.5) is 9.59 Å². The molecule has 1 heterocycles. The first kappa shape index (κ1) is 25.8. The molecule has 1 aromatic rings. The number of hydrogen-bond donors (Lipinski definition) is 1. The van der Waals surface area contributed by atoms with Crippen molar-refractivity contribution in [1.82, 2.24) is 10.2 Å². The Labute approximate surface area is 204 Å². The number of benzene rings is 1. The molecule has 1 aliphatic rings. The van der Waals surface area contributed by atoms with Gasteiger partial charge in [-0.3, -0.25) is 4.90 Å². The van der Waals surface area contributed by atoms with Gasteiger partial charge < -0.3 is 19.5 Å². The first-order valence-electron chi connectivity index (χ1n) is 12.1. The minimum Gasteiger partial charge on any atom is -0.444 e. The smallest absolute Gasteiger partial charge is 0.413 e. The van der Waals surface area contributed by atoms with E-state index in [0.717, 1.165) is 10.5 Å². The van der Waals surface area contributed by atoms with Crippen molar-refractivity contribution in [3.05, 3.63) is 35.9 Å². The maximum atomic E-state index is 13.2. The topological polar surface area (TPSA) is 94.2 Å². The van der Waals surface area contributed by atoms with Crippen molar-refractivity contribution in [3.8, 4) is 0 Å². The maximum Gasteiger partial charge on any atom is 0.413 e. The second-order valence-corrected chi connectivity index (χ2v) is 11.5. The molecule has 0 saturated carbocycles. The monoisotopic (exact) mass is 477 g/mol. The highest BCUT2D eigenvalue weighted by Crippen LogP contribution is 2.38. The third-order valence-corrected chi connectivity index (χ3v) is 5.24. The zero-order chi connectivity index (χ0) is 26.7. The van der Waals surface area contributed by atoms with Gasteiger partial charge in [0.15, 0.2) is 6.23 Å². The van der Waals surface area contributed by atoms with Gasteiger partial charge in [0.2, 0.25) is 0 Å². The summed E-state index contributed by atoms with van der Waals surface area (Å²) < 4.78 is 25.5. The Morgan fingerprint density at radius 2 is 1.71 bits per heavy atom. The van der Waals surface area contributed by atoms with Crippen LogP contribution in [0.5, 0.6) is 0 Å². The molecule has 34 heavy (non-hydrogen) atoms.